The molecule has 2 heterocycles. The number of nitrogens with zero attached hydrogens (tertiary/aromatic N) is 3. The molecule has 3 rings (SSSR count). The van der Waals surface area contributed by atoms with Gasteiger partial charge in [0.05, 0.1) is 0 Å². The molecule has 1 saturated carbocycles. The molecular weight excluding hydrogens is 276 g/mol. The number of allylic oxidation sites excluding steroid dienone is 1. The van der Waals surface area contributed by atoms with Crippen LogP contribution in [0.5, 0.6) is 0 Å². The number of piperazine rings is 1. The van der Waals surface area contributed by atoms with Crippen molar-refractivity contribution in [2.75, 3.05) is 45.8 Å². The van der Waals surface area contributed by atoms with E-state index in [4.69, 9.17) is 0 Å². The van der Waals surface area contributed by atoms with Crippen LogP contribution in [0, 0.1) is 23.2 Å². The first kappa shape index (κ1) is 15.5. The summed E-state index contributed by atoms with van der Waals surface area (Å²) in [7, 11) is 0. The highest BCUT2D eigenvalue weighted by Gasteiger charge is 2.27. The molecule has 0 aromatic carbocycles. The topological polar surface area (TPSA) is 59.4 Å². The summed E-state index contributed by atoms with van der Waals surface area (Å²) in [5.74, 6) is 1.21. The van der Waals surface area contributed by atoms with E-state index in [0.29, 0.717) is 11.5 Å². The molecule has 2 saturated heterocycles. The van der Waals surface area contributed by atoms with Crippen LogP contribution in [0.2, 0.25) is 0 Å². The second kappa shape index (κ2) is 7.26. The molecule has 0 unspecified atom stereocenters. The summed E-state index contributed by atoms with van der Waals surface area (Å²) in [5.41, 5.74) is 0.356. The van der Waals surface area contributed by atoms with E-state index in [9.17, 15) is 10.1 Å². The Labute approximate surface area is 132 Å². The second-order valence-electron chi connectivity index (χ2n) is 6.82. The summed E-state index contributed by atoms with van der Waals surface area (Å²) >= 11 is 0. The Balaban J connectivity index is 1.46. The van der Waals surface area contributed by atoms with E-state index >= 15 is 0 Å². The summed E-state index contributed by atoms with van der Waals surface area (Å²) in [6, 6.07) is 2.10. The molecule has 1 amide bonds. The van der Waals surface area contributed by atoms with E-state index in [1.165, 1.54) is 12.8 Å². The zero-order valence-electron chi connectivity index (χ0n) is 13.3. The fourth-order valence-electron chi connectivity index (χ4n) is 3.39. The van der Waals surface area contributed by atoms with Crippen molar-refractivity contribution in [1.82, 2.24) is 15.1 Å². The van der Waals surface area contributed by atoms with E-state index in [1.807, 2.05) is 11.0 Å². The number of nitrogens with one attached hydrogen (secondary N) is 1. The molecular formula is C17H26N4O. The van der Waals surface area contributed by atoms with Gasteiger partial charge >= 0.3 is 0 Å². The fraction of sp³-hybridized carbons (Fsp3) is 0.765. The highest BCUT2D eigenvalue weighted by Crippen LogP contribution is 2.31. The van der Waals surface area contributed by atoms with E-state index in [1.54, 1.807) is 0 Å². The van der Waals surface area contributed by atoms with E-state index in [-0.39, 0.29) is 5.91 Å². The van der Waals surface area contributed by atoms with Gasteiger partial charge in [0, 0.05) is 32.7 Å². The first-order chi connectivity index (χ1) is 10.8. The molecule has 22 heavy (non-hydrogen) atoms. The Morgan fingerprint density at radius 1 is 1.14 bits per heavy atom. The van der Waals surface area contributed by atoms with Gasteiger partial charge in [0.15, 0.2) is 0 Å². The van der Waals surface area contributed by atoms with Gasteiger partial charge in [-0.2, -0.15) is 5.26 Å². The van der Waals surface area contributed by atoms with Crippen LogP contribution in [-0.2, 0) is 4.79 Å². The summed E-state index contributed by atoms with van der Waals surface area (Å²) < 4.78 is 0. The van der Waals surface area contributed by atoms with Crippen molar-refractivity contribution in [2.24, 2.45) is 11.8 Å². The van der Waals surface area contributed by atoms with Crippen LogP contribution in [-0.4, -0.2) is 61.5 Å². The van der Waals surface area contributed by atoms with Crippen LogP contribution in [0.1, 0.15) is 25.7 Å². The third kappa shape index (κ3) is 4.08. The minimum absolute atomic E-state index is 0.0593. The van der Waals surface area contributed by atoms with Gasteiger partial charge < -0.3 is 10.2 Å². The predicted octanol–water partition coefficient (Wildman–Crippen LogP) is 0.990. The molecule has 0 spiro atoms. The summed E-state index contributed by atoms with van der Waals surface area (Å²) in [6.07, 6.45) is 6.67. The summed E-state index contributed by atoms with van der Waals surface area (Å²) in [5, 5.41) is 12.6. The van der Waals surface area contributed by atoms with Gasteiger partial charge in [-0.3, -0.25) is 9.69 Å². The van der Waals surface area contributed by atoms with Gasteiger partial charge in [-0.15, -0.1) is 0 Å². The average molecular weight is 302 g/mol. The Bertz CT molecular complexity index is 464. The highest BCUT2D eigenvalue weighted by molar-refractivity contribution is 5.97. The quantitative estimate of drug-likeness (QED) is 0.621. The van der Waals surface area contributed by atoms with Gasteiger partial charge in [-0.1, -0.05) is 6.08 Å². The third-order valence-corrected chi connectivity index (χ3v) is 5.01. The lowest BCUT2D eigenvalue weighted by Gasteiger charge is -2.37. The van der Waals surface area contributed by atoms with Gasteiger partial charge in [0.2, 0.25) is 0 Å². The van der Waals surface area contributed by atoms with Crippen molar-refractivity contribution >= 4 is 5.91 Å². The number of amides is 1. The zero-order valence-corrected chi connectivity index (χ0v) is 13.3. The minimum atomic E-state index is -0.0593. The molecule has 0 radical (unpaired) electrons. The van der Waals surface area contributed by atoms with Crippen LogP contribution in [0.25, 0.3) is 0 Å². The van der Waals surface area contributed by atoms with Crippen LogP contribution in [0.4, 0.5) is 0 Å². The summed E-state index contributed by atoms with van der Waals surface area (Å²) in [4.78, 5) is 16.7. The predicted molar refractivity (Wildman–Crippen MR) is 85.0 cm³/mol. The van der Waals surface area contributed by atoms with Crippen LogP contribution >= 0.6 is 0 Å². The average Bonchev–Trinajstić information content (AvgIpc) is 3.38. The molecule has 0 aromatic heterocycles. The van der Waals surface area contributed by atoms with Crippen molar-refractivity contribution in [1.29, 1.82) is 5.26 Å². The Kier molecular flexibility index (Phi) is 5.12. The largest absolute Gasteiger partial charge is 0.335 e. The lowest BCUT2D eigenvalue weighted by atomic mass is 9.97. The van der Waals surface area contributed by atoms with E-state index in [0.717, 1.165) is 64.6 Å². The molecule has 3 aliphatic rings. The van der Waals surface area contributed by atoms with E-state index < -0.39 is 0 Å². The second-order valence-corrected chi connectivity index (χ2v) is 6.82. The highest BCUT2D eigenvalue weighted by atomic mass is 16.2. The van der Waals surface area contributed by atoms with Crippen molar-refractivity contribution in [2.45, 2.75) is 25.7 Å². The number of hydrogen-bond acceptors (Lipinski definition) is 4. The number of carbonyl (C=O) groups is 1. The normalized spacial score (nSPS) is 25.0. The monoisotopic (exact) mass is 302 g/mol. The first-order valence-electron chi connectivity index (χ1n) is 8.60. The SMILES string of the molecule is N#C/C(=C\C1CC1)C(=O)N1CCN(CC2CCNCC2)CC1. The van der Waals surface area contributed by atoms with Gasteiger partial charge in [-0.05, 0) is 50.6 Å². The molecule has 1 aliphatic carbocycles. The maximum Gasteiger partial charge on any atom is 0.264 e. The number of hydrogen-bond donors (Lipinski definition) is 1. The number of carbonyl (C=O) groups excluding carboxylic acids is 1. The minimum Gasteiger partial charge on any atom is -0.335 e. The molecule has 5 nitrogen and oxygen atoms in total. The molecule has 0 bridgehead atoms. The molecule has 1 N–H and O–H groups in total. The Morgan fingerprint density at radius 2 is 1.82 bits per heavy atom. The van der Waals surface area contributed by atoms with Crippen molar-refractivity contribution in [3.05, 3.63) is 11.6 Å². The van der Waals surface area contributed by atoms with Crippen molar-refractivity contribution in [3.63, 3.8) is 0 Å². The molecule has 0 atom stereocenters. The van der Waals surface area contributed by atoms with Gasteiger partial charge in [0.25, 0.3) is 5.91 Å². The van der Waals surface area contributed by atoms with Gasteiger partial charge in [-0.25, -0.2) is 0 Å². The number of nitriles is 1. The third-order valence-electron chi connectivity index (χ3n) is 5.01. The van der Waals surface area contributed by atoms with Crippen LogP contribution in [0.3, 0.4) is 0 Å². The van der Waals surface area contributed by atoms with Crippen LogP contribution in [0.15, 0.2) is 11.6 Å². The lowest BCUT2D eigenvalue weighted by Crippen LogP contribution is -2.50. The summed E-state index contributed by atoms with van der Waals surface area (Å²) in [6.45, 7) is 6.84. The first-order valence-corrected chi connectivity index (χ1v) is 8.60. The maximum absolute atomic E-state index is 12.4. The molecule has 120 valence electrons. The number of rotatable bonds is 4. The number of piperidine rings is 1. The van der Waals surface area contributed by atoms with Gasteiger partial charge in [0.1, 0.15) is 11.6 Å². The Morgan fingerprint density at radius 3 is 2.41 bits per heavy atom. The standard InChI is InChI=1S/C17H26N4O/c18-12-16(11-14-1-2-14)17(22)21-9-7-20(8-10-21)13-15-3-5-19-6-4-15/h11,14-15,19H,1-10,13H2/b16-11+. The molecule has 5 heteroatoms. The van der Waals surface area contributed by atoms with Crippen molar-refractivity contribution < 1.29 is 4.79 Å². The van der Waals surface area contributed by atoms with Crippen LogP contribution < -0.4 is 5.32 Å². The fourth-order valence-corrected chi connectivity index (χ4v) is 3.39. The Hall–Kier alpha value is -1.38. The molecule has 2 aliphatic heterocycles. The molecule has 3 fully saturated rings. The maximum atomic E-state index is 12.4. The van der Waals surface area contributed by atoms with Crippen molar-refractivity contribution in [3.8, 4) is 6.07 Å². The zero-order chi connectivity index (χ0) is 15.4. The molecule has 0 aromatic rings. The lowest BCUT2D eigenvalue weighted by molar-refractivity contribution is -0.128. The smallest absolute Gasteiger partial charge is 0.264 e. The van der Waals surface area contributed by atoms with E-state index in [2.05, 4.69) is 16.3 Å².